The van der Waals surface area contributed by atoms with Crippen molar-refractivity contribution in [3.63, 3.8) is 0 Å². The molecule has 19 heavy (non-hydrogen) atoms. The van der Waals surface area contributed by atoms with Gasteiger partial charge in [-0.25, -0.2) is 0 Å². The third kappa shape index (κ3) is 4.32. The number of hydrogen-bond acceptors (Lipinski definition) is 2. The zero-order valence-corrected chi connectivity index (χ0v) is 12.2. The number of benzene rings is 1. The van der Waals surface area contributed by atoms with Gasteiger partial charge in [0.05, 0.1) is 5.92 Å². The first-order chi connectivity index (χ1) is 9.16. The van der Waals surface area contributed by atoms with Crippen LogP contribution in [0.4, 0.5) is 0 Å². The minimum absolute atomic E-state index is 0.0563. The monoisotopic (exact) mass is 279 g/mol. The average molecular weight is 280 g/mol. The van der Waals surface area contributed by atoms with Crippen LogP contribution in [0, 0.1) is 0 Å². The van der Waals surface area contributed by atoms with Gasteiger partial charge in [-0.1, -0.05) is 43.0 Å². The molecule has 0 spiro atoms. The minimum Gasteiger partial charge on any atom is -0.313 e. The van der Waals surface area contributed by atoms with E-state index >= 15 is 0 Å². The van der Waals surface area contributed by atoms with Gasteiger partial charge in [0.1, 0.15) is 5.78 Å². The maximum Gasteiger partial charge on any atom is 0.138 e. The second-order valence-corrected chi connectivity index (χ2v) is 5.89. The lowest BCUT2D eigenvalue weighted by molar-refractivity contribution is -0.118. The fourth-order valence-electron chi connectivity index (χ4n) is 2.78. The molecule has 0 radical (unpaired) electrons. The highest BCUT2D eigenvalue weighted by Crippen LogP contribution is 2.21. The highest BCUT2D eigenvalue weighted by molar-refractivity contribution is 6.30. The average Bonchev–Trinajstić information content (AvgIpc) is 2.42. The van der Waals surface area contributed by atoms with Crippen molar-refractivity contribution >= 4 is 17.4 Å². The Bertz CT molecular complexity index is 409. The molecule has 0 aromatic heterocycles. The maximum absolute atomic E-state index is 11.8. The molecule has 1 atom stereocenters. The highest BCUT2D eigenvalue weighted by atomic mass is 35.5. The first-order valence-electron chi connectivity index (χ1n) is 7.16. The molecule has 1 aromatic carbocycles. The molecule has 0 heterocycles. The van der Waals surface area contributed by atoms with Crippen LogP contribution in [0.5, 0.6) is 0 Å². The predicted molar refractivity (Wildman–Crippen MR) is 79.7 cm³/mol. The maximum atomic E-state index is 11.8. The fraction of sp³-hybridized carbons (Fsp3) is 0.562. The van der Waals surface area contributed by atoms with E-state index in [-0.39, 0.29) is 11.7 Å². The number of nitrogens with one attached hydrogen (secondary N) is 1. The number of carbonyl (C=O) groups excluding carboxylic acids is 1. The van der Waals surface area contributed by atoms with Crippen LogP contribution in [0.2, 0.25) is 5.02 Å². The lowest BCUT2D eigenvalue weighted by Gasteiger charge is -2.25. The summed E-state index contributed by atoms with van der Waals surface area (Å²) >= 11 is 5.89. The van der Waals surface area contributed by atoms with Gasteiger partial charge in [-0.15, -0.1) is 0 Å². The van der Waals surface area contributed by atoms with E-state index in [4.69, 9.17) is 11.6 Å². The van der Waals surface area contributed by atoms with Crippen molar-refractivity contribution in [2.75, 3.05) is 6.54 Å². The summed E-state index contributed by atoms with van der Waals surface area (Å²) in [5.74, 6) is 0.157. The van der Waals surface area contributed by atoms with Crippen molar-refractivity contribution in [1.29, 1.82) is 0 Å². The molecule has 1 aliphatic rings. The molecule has 0 aliphatic heterocycles. The molecular formula is C16H22ClNO. The Morgan fingerprint density at radius 2 is 1.89 bits per heavy atom. The zero-order valence-electron chi connectivity index (χ0n) is 11.5. The SMILES string of the molecule is CC(=O)[C@H](CNC1CCCCC1)c1ccc(Cl)cc1. The summed E-state index contributed by atoms with van der Waals surface area (Å²) in [6.07, 6.45) is 6.45. The Morgan fingerprint density at radius 1 is 1.26 bits per heavy atom. The number of halogens is 1. The van der Waals surface area contributed by atoms with Crippen LogP contribution in [-0.2, 0) is 4.79 Å². The summed E-state index contributed by atoms with van der Waals surface area (Å²) in [6.45, 7) is 2.41. The van der Waals surface area contributed by atoms with Crippen LogP contribution < -0.4 is 5.32 Å². The standard InChI is InChI=1S/C16H22ClNO/c1-12(19)16(13-7-9-14(17)10-8-13)11-18-15-5-3-2-4-6-15/h7-10,15-16,18H,2-6,11H2,1H3/t16-/m0/s1. The van der Waals surface area contributed by atoms with E-state index in [0.29, 0.717) is 11.1 Å². The third-order valence-corrected chi connectivity index (χ3v) is 4.23. The van der Waals surface area contributed by atoms with Gasteiger partial charge in [-0.2, -0.15) is 0 Å². The van der Waals surface area contributed by atoms with Crippen LogP contribution in [0.25, 0.3) is 0 Å². The lowest BCUT2D eigenvalue weighted by Crippen LogP contribution is -2.35. The molecule has 0 unspecified atom stereocenters. The lowest BCUT2D eigenvalue weighted by atomic mass is 9.92. The van der Waals surface area contributed by atoms with E-state index in [9.17, 15) is 4.79 Å². The summed E-state index contributed by atoms with van der Waals surface area (Å²) in [4.78, 5) is 11.8. The van der Waals surface area contributed by atoms with Gasteiger partial charge < -0.3 is 5.32 Å². The number of hydrogen-bond donors (Lipinski definition) is 1. The Labute approximate surface area is 120 Å². The van der Waals surface area contributed by atoms with Crippen LogP contribution >= 0.6 is 11.6 Å². The van der Waals surface area contributed by atoms with Crippen molar-refractivity contribution in [1.82, 2.24) is 5.32 Å². The van der Waals surface area contributed by atoms with Crippen molar-refractivity contribution in [3.8, 4) is 0 Å². The molecule has 1 aromatic rings. The van der Waals surface area contributed by atoms with E-state index in [1.165, 1.54) is 32.1 Å². The normalized spacial score (nSPS) is 18.2. The Balaban J connectivity index is 1.96. The van der Waals surface area contributed by atoms with Gasteiger partial charge in [-0.05, 0) is 37.5 Å². The largest absolute Gasteiger partial charge is 0.313 e. The predicted octanol–water partition coefficient (Wildman–Crippen LogP) is 3.93. The van der Waals surface area contributed by atoms with Crippen molar-refractivity contribution in [2.45, 2.75) is 51.0 Å². The summed E-state index contributed by atoms with van der Waals surface area (Å²) in [6, 6.07) is 8.21. The number of ketones is 1. The van der Waals surface area contributed by atoms with Gasteiger partial charge in [0, 0.05) is 17.6 Å². The van der Waals surface area contributed by atoms with Crippen LogP contribution in [0.1, 0.15) is 50.5 Å². The Kier molecular flexibility index (Phi) is 5.41. The van der Waals surface area contributed by atoms with Gasteiger partial charge in [0.2, 0.25) is 0 Å². The van der Waals surface area contributed by atoms with E-state index in [1.807, 2.05) is 24.3 Å². The summed E-state index contributed by atoms with van der Waals surface area (Å²) in [7, 11) is 0. The van der Waals surface area contributed by atoms with Crippen molar-refractivity contribution in [3.05, 3.63) is 34.9 Å². The fourth-order valence-corrected chi connectivity index (χ4v) is 2.91. The molecule has 0 saturated heterocycles. The first kappa shape index (κ1) is 14.5. The second kappa shape index (κ2) is 7.06. The molecule has 1 saturated carbocycles. The second-order valence-electron chi connectivity index (χ2n) is 5.46. The smallest absolute Gasteiger partial charge is 0.138 e. The first-order valence-corrected chi connectivity index (χ1v) is 7.54. The molecule has 1 fully saturated rings. The van der Waals surface area contributed by atoms with Gasteiger partial charge in [0.25, 0.3) is 0 Å². The zero-order chi connectivity index (χ0) is 13.7. The summed E-state index contributed by atoms with van der Waals surface area (Å²) < 4.78 is 0. The van der Waals surface area contributed by atoms with E-state index in [0.717, 1.165) is 12.1 Å². The van der Waals surface area contributed by atoms with Crippen LogP contribution in [0.15, 0.2) is 24.3 Å². The molecule has 0 bridgehead atoms. The van der Waals surface area contributed by atoms with Crippen LogP contribution in [-0.4, -0.2) is 18.4 Å². The molecule has 1 aliphatic carbocycles. The molecule has 104 valence electrons. The van der Waals surface area contributed by atoms with Crippen LogP contribution in [0.3, 0.4) is 0 Å². The summed E-state index contributed by atoms with van der Waals surface area (Å²) in [5.41, 5.74) is 1.06. The van der Waals surface area contributed by atoms with Gasteiger partial charge in [-0.3, -0.25) is 4.79 Å². The molecule has 0 amide bonds. The Hall–Kier alpha value is -0.860. The third-order valence-electron chi connectivity index (χ3n) is 3.98. The number of carbonyl (C=O) groups is 1. The minimum atomic E-state index is -0.0563. The van der Waals surface area contributed by atoms with E-state index in [1.54, 1.807) is 6.92 Å². The summed E-state index contributed by atoms with van der Waals surface area (Å²) in [5, 5.41) is 4.28. The Morgan fingerprint density at radius 3 is 2.47 bits per heavy atom. The van der Waals surface area contributed by atoms with Crippen molar-refractivity contribution < 1.29 is 4.79 Å². The molecule has 1 N–H and O–H groups in total. The number of Topliss-reactive ketones (excluding diaryl/α,β-unsaturated/α-hetero) is 1. The number of rotatable bonds is 5. The topological polar surface area (TPSA) is 29.1 Å². The molecular weight excluding hydrogens is 258 g/mol. The molecule has 3 heteroatoms. The van der Waals surface area contributed by atoms with Gasteiger partial charge in [0.15, 0.2) is 0 Å². The molecule has 2 rings (SSSR count). The highest BCUT2D eigenvalue weighted by Gasteiger charge is 2.19. The van der Waals surface area contributed by atoms with E-state index in [2.05, 4.69) is 5.32 Å². The molecule has 2 nitrogen and oxygen atoms in total. The van der Waals surface area contributed by atoms with Gasteiger partial charge >= 0.3 is 0 Å². The van der Waals surface area contributed by atoms with E-state index < -0.39 is 0 Å². The van der Waals surface area contributed by atoms with Crippen molar-refractivity contribution in [2.24, 2.45) is 0 Å². The quantitative estimate of drug-likeness (QED) is 0.885.